The lowest BCUT2D eigenvalue weighted by atomic mass is 9.65. The Bertz CT molecular complexity index is 2920. The summed E-state index contributed by atoms with van der Waals surface area (Å²) in [6.07, 6.45) is 5.78. The Hall–Kier alpha value is -7.00. The maximum atomic E-state index is 15.2. The Morgan fingerprint density at radius 2 is 0.661 bits per heavy atom. The lowest BCUT2D eigenvalue weighted by Crippen LogP contribution is -2.30. The highest BCUT2D eigenvalue weighted by atomic mass is 31.2. The van der Waals surface area contributed by atoms with Crippen LogP contribution in [0.4, 0.5) is 0 Å². The molecule has 62 heavy (non-hydrogen) atoms. The van der Waals surface area contributed by atoms with Gasteiger partial charge in [0.25, 0.3) is 0 Å². The fourth-order valence-corrected chi connectivity index (χ4v) is 11.9. The topological polar surface area (TPSA) is 55.7 Å². The van der Waals surface area contributed by atoms with Gasteiger partial charge in [0, 0.05) is 38.0 Å². The quantitative estimate of drug-likeness (QED) is 0.129. The van der Waals surface area contributed by atoms with Gasteiger partial charge in [-0.1, -0.05) is 232 Å². The van der Waals surface area contributed by atoms with Crippen LogP contribution < -0.4 is 15.9 Å². The van der Waals surface area contributed by atoms with E-state index in [4.69, 9.17) is 15.0 Å². The van der Waals surface area contributed by atoms with Crippen LogP contribution in [0.3, 0.4) is 0 Å². The zero-order valence-corrected chi connectivity index (χ0v) is 35.4. The average molecular weight is 820 g/mol. The van der Waals surface area contributed by atoms with Gasteiger partial charge in [0.05, 0.1) is 0 Å². The number of rotatable bonds is 10. The van der Waals surface area contributed by atoms with E-state index in [1.807, 2.05) is 109 Å². The number of aromatic nitrogens is 3. The van der Waals surface area contributed by atoms with Crippen molar-refractivity contribution in [2.24, 2.45) is 0 Å². The summed E-state index contributed by atoms with van der Waals surface area (Å²) in [6.45, 7) is 0. The van der Waals surface area contributed by atoms with Crippen LogP contribution in [0.15, 0.2) is 218 Å². The van der Waals surface area contributed by atoms with E-state index >= 15 is 4.57 Å². The smallest absolute Gasteiger partial charge is 0.171 e. The minimum Gasteiger partial charge on any atom is -0.309 e. The van der Waals surface area contributed by atoms with Crippen LogP contribution >= 0.6 is 7.14 Å². The van der Waals surface area contributed by atoms with Gasteiger partial charge in [-0.05, 0) is 52.3 Å². The molecule has 1 aromatic heterocycles. The number of hydrogen-bond donors (Lipinski definition) is 0. The molecule has 0 unspecified atom stereocenters. The van der Waals surface area contributed by atoms with E-state index in [1.165, 1.54) is 36.0 Å². The predicted molar refractivity (Wildman–Crippen MR) is 257 cm³/mol. The molecule has 1 fully saturated rings. The highest BCUT2D eigenvalue weighted by Gasteiger charge is 2.36. The van der Waals surface area contributed by atoms with E-state index in [0.29, 0.717) is 17.5 Å². The van der Waals surface area contributed by atoms with Gasteiger partial charge in [0.15, 0.2) is 24.6 Å². The Morgan fingerprint density at radius 3 is 1.16 bits per heavy atom. The van der Waals surface area contributed by atoms with Gasteiger partial charge in [-0.3, -0.25) is 0 Å². The second kappa shape index (κ2) is 17.2. The fourth-order valence-electron chi connectivity index (χ4n) is 9.22. The van der Waals surface area contributed by atoms with Gasteiger partial charge >= 0.3 is 0 Å². The van der Waals surface area contributed by atoms with E-state index < -0.39 is 7.14 Å². The minimum atomic E-state index is -3.10. The minimum absolute atomic E-state index is 0.104. The van der Waals surface area contributed by atoms with Crippen LogP contribution in [-0.2, 0) is 9.98 Å². The third-order valence-electron chi connectivity index (χ3n) is 12.5. The van der Waals surface area contributed by atoms with Crippen molar-refractivity contribution in [2.45, 2.75) is 37.5 Å². The third kappa shape index (κ3) is 7.64. The molecule has 0 bridgehead atoms. The first-order valence-corrected chi connectivity index (χ1v) is 23.3. The third-order valence-corrected chi connectivity index (χ3v) is 15.6. The maximum Gasteiger partial charge on any atom is 0.171 e. The highest BCUT2D eigenvalue weighted by molar-refractivity contribution is 7.85. The molecule has 0 spiro atoms. The molecule has 300 valence electrons. The first-order chi connectivity index (χ1) is 30.6. The molecule has 1 saturated carbocycles. The van der Waals surface area contributed by atoms with Crippen LogP contribution in [0.1, 0.15) is 43.2 Å². The molecule has 0 aliphatic heterocycles. The second-order valence-corrected chi connectivity index (χ2v) is 19.0. The zero-order valence-electron chi connectivity index (χ0n) is 34.5. The van der Waals surface area contributed by atoms with E-state index in [0.717, 1.165) is 62.1 Å². The normalized spacial score (nSPS) is 13.7. The molecule has 9 aromatic rings. The lowest BCUT2D eigenvalue weighted by Gasteiger charge is -2.39. The maximum absolute atomic E-state index is 15.2. The molecular weight excluding hydrogens is 774 g/mol. The van der Waals surface area contributed by atoms with Crippen LogP contribution in [0, 0.1) is 0 Å². The van der Waals surface area contributed by atoms with Crippen LogP contribution in [0.25, 0.3) is 56.4 Å². The average Bonchev–Trinajstić information content (AvgIpc) is 3.37. The molecule has 0 radical (unpaired) electrons. The van der Waals surface area contributed by atoms with Crippen molar-refractivity contribution in [3.63, 3.8) is 0 Å². The molecule has 4 nitrogen and oxygen atoms in total. The first-order valence-electron chi connectivity index (χ1n) is 21.6. The van der Waals surface area contributed by atoms with Gasteiger partial charge in [-0.25, -0.2) is 15.0 Å². The van der Waals surface area contributed by atoms with E-state index in [1.54, 1.807) is 0 Å². The van der Waals surface area contributed by atoms with Crippen LogP contribution in [0.2, 0.25) is 0 Å². The molecule has 10 rings (SSSR count). The summed E-state index contributed by atoms with van der Waals surface area (Å²) in [5.74, 6) is 1.95. The fraction of sp³-hybridized carbons (Fsp3) is 0.105. The van der Waals surface area contributed by atoms with E-state index in [9.17, 15) is 0 Å². The van der Waals surface area contributed by atoms with Crippen molar-refractivity contribution in [3.05, 3.63) is 230 Å². The molecule has 1 aliphatic carbocycles. The summed E-state index contributed by atoms with van der Waals surface area (Å²) in [5.41, 5.74) is 9.89. The Morgan fingerprint density at radius 1 is 0.323 bits per heavy atom. The van der Waals surface area contributed by atoms with Crippen molar-refractivity contribution >= 4 is 23.1 Å². The Kier molecular flexibility index (Phi) is 10.8. The predicted octanol–water partition coefficient (Wildman–Crippen LogP) is 13.1. The largest absolute Gasteiger partial charge is 0.309 e. The van der Waals surface area contributed by atoms with Crippen molar-refractivity contribution < 1.29 is 4.57 Å². The summed E-state index contributed by atoms with van der Waals surface area (Å²) >= 11 is 0. The molecule has 5 heteroatoms. The number of nitrogens with zero attached hydrogens (tertiary/aromatic N) is 3. The van der Waals surface area contributed by atoms with Crippen LogP contribution in [0.5, 0.6) is 0 Å². The van der Waals surface area contributed by atoms with Crippen molar-refractivity contribution in [1.29, 1.82) is 0 Å². The summed E-state index contributed by atoms with van der Waals surface area (Å²) in [5, 5.41) is 2.51. The second-order valence-electron chi connectivity index (χ2n) is 16.2. The SMILES string of the molecule is O=P(c1ccccc1)(c1ccccc1)c1cccc(-c2ccc(C3(c4ccc(-c5nc(-c6ccccc6)nc(-c6ccc(-c7ccccc7)cc6)n5)cc4)CCCCC3)cc2)c1. The van der Waals surface area contributed by atoms with Crippen molar-refractivity contribution in [1.82, 2.24) is 15.0 Å². The molecule has 1 heterocycles. The summed E-state index contributed by atoms with van der Waals surface area (Å²) in [6, 6.07) is 75.2. The highest BCUT2D eigenvalue weighted by Crippen LogP contribution is 2.46. The lowest BCUT2D eigenvalue weighted by molar-refractivity contribution is 0.346. The summed E-state index contributed by atoms with van der Waals surface area (Å²) in [7, 11) is -3.10. The summed E-state index contributed by atoms with van der Waals surface area (Å²) < 4.78 is 15.2. The standard InChI is InChI=1S/C57H46N3OP/c61-62(51-22-10-3-11-23-51,52-24-12-4-13-25-52)53-26-16-21-48(41-53)44-31-35-49(36-32-44)57(39-14-5-15-40-57)50-37-33-47(34-38-50)56-59-54(45-19-8-2-9-20-45)58-55(60-56)46-29-27-43(28-30-46)42-17-6-1-7-18-42/h1-4,6-13,16-38,41H,5,14-15,39-40H2. The molecule has 0 amide bonds. The molecule has 0 saturated heterocycles. The molecule has 8 aromatic carbocycles. The molecule has 0 N–H and O–H groups in total. The summed E-state index contributed by atoms with van der Waals surface area (Å²) in [4.78, 5) is 15.1. The number of hydrogen-bond acceptors (Lipinski definition) is 4. The molecule has 1 aliphatic rings. The Labute approximate surface area is 364 Å². The Balaban J connectivity index is 0.972. The van der Waals surface area contributed by atoms with Gasteiger partial charge in [-0.15, -0.1) is 0 Å². The first kappa shape index (κ1) is 39.2. The monoisotopic (exact) mass is 819 g/mol. The molecular formula is C57H46N3OP. The number of benzene rings is 8. The zero-order chi connectivity index (χ0) is 41.8. The van der Waals surface area contributed by atoms with Gasteiger partial charge in [0.2, 0.25) is 0 Å². The van der Waals surface area contributed by atoms with Crippen LogP contribution in [-0.4, -0.2) is 15.0 Å². The van der Waals surface area contributed by atoms with Gasteiger partial charge in [0.1, 0.15) is 0 Å². The van der Waals surface area contributed by atoms with Crippen molar-refractivity contribution in [2.75, 3.05) is 0 Å². The van der Waals surface area contributed by atoms with Crippen molar-refractivity contribution in [3.8, 4) is 56.4 Å². The van der Waals surface area contributed by atoms with Gasteiger partial charge in [-0.2, -0.15) is 0 Å². The van der Waals surface area contributed by atoms with E-state index in [-0.39, 0.29) is 5.41 Å². The van der Waals surface area contributed by atoms with Gasteiger partial charge < -0.3 is 4.57 Å². The molecule has 0 atom stereocenters. The van der Waals surface area contributed by atoms with E-state index in [2.05, 4.69) is 109 Å².